The molecule has 17 heavy (non-hydrogen) atoms. The molecule has 0 aliphatic heterocycles. The summed E-state index contributed by atoms with van der Waals surface area (Å²) in [5.41, 5.74) is 0. The van der Waals surface area contributed by atoms with Gasteiger partial charge < -0.3 is 4.42 Å². The summed E-state index contributed by atoms with van der Waals surface area (Å²) >= 11 is 0. The highest BCUT2D eigenvalue weighted by atomic mass is 16.3. The molecule has 0 amide bonds. The van der Waals surface area contributed by atoms with Crippen molar-refractivity contribution >= 4 is 0 Å². The lowest BCUT2D eigenvalue weighted by Crippen LogP contribution is -1.98. The number of aryl methyl sites for hydroxylation is 1. The van der Waals surface area contributed by atoms with E-state index in [1.165, 1.54) is 19.3 Å². The average molecular weight is 238 g/mol. The van der Waals surface area contributed by atoms with E-state index < -0.39 is 0 Å². The molecule has 1 atom stereocenters. The predicted octanol–water partition coefficient (Wildman–Crippen LogP) is 5.70. The summed E-state index contributed by atoms with van der Waals surface area (Å²) in [6.45, 7) is 11.3. The van der Waals surface area contributed by atoms with E-state index in [1.807, 2.05) is 12.1 Å². The Labute approximate surface area is 108 Å². The van der Waals surface area contributed by atoms with Crippen molar-refractivity contribution in [2.75, 3.05) is 0 Å². The first-order valence-corrected chi connectivity index (χ1v) is 7.12. The number of rotatable bonds is 6. The standard InChI is InChI=1S/C9H20.C7H10O/c1-5-6-9(4)7-8(2)3;1-2-4-7-5-3-6-8-7/h8-9H,5-7H2,1-4H3;3,5-6H,2,4H2,1H3. The largest absolute Gasteiger partial charge is 0.469 e. The van der Waals surface area contributed by atoms with Gasteiger partial charge in [-0.1, -0.05) is 47.5 Å². The first kappa shape index (κ1) is 16.3. The second kappa shape index (κ2) is 10.4. The van der Waals surface area contributed by atoms with E-state index in [4.69, 9.17) is 4.42 Å². The molecule has 0 aliphatic carbocycles. The van der Waals surface area contributed by atoms with Crippen LogP contribution in [0.4, 0.5) is 0 Å². The van der Waals surface area contributed by atoms with Gasteiger partial charge in [-0.05, 0) is 36.8 Å². The van der Waals surface area contributed by atoms with E-state index in [0.29, 0.717) is 0 Å². The van der Waals surface area contributed by atoms with Crippen molar-refractivity contribution in [3.8, 4) is 0 Å². The van der Waals surface area contributed by atoms with Gasteiger partial charge in [0.05, 0.1) is 6.26 Å². The van der Waals surface area contributed by atoms with Crippen LogP contribution in [0.3, 0.4) is 0 Å². The van der Waals surface area contributed by atoms with Crippen molar-refractivity contribution in [1.82, 2.24) is 0 Å². The van der Waals surface area contributed by atoms with Gasteiger partial charge in [0.25, 0.3) is 0 Å². The molecule has 0 saturated heterocycles. The fourth-order valence-corrected chi connectivity index (χ4v) is 2.12. The minimum absolute atomic E-state index is 0.881. The first-order valence-electron chi connectivity index (χ1n) is 7.12. The highest BCUT2D eigenvalue weighted by Crippen LogP contribution is 2.15. The fourth-order valence-electron chi connectivity index (χ4n) is 2.12. The van der Waals surface area contributed by atoms with Gasteiger partial charge >= 0.3 is 0 Å². The second-order valence-electron chi connectivity index (χ2n) is 5.35. The van der Waals surface area contributed by atoms with E-state index in [0.717, 1.165) is 30.4 Å². The van der Waals surface area contributed by atoms with Gasteiger partial charge in [-0.25, -0.2) is 0 Å². The Hall–Kier alpha value is -0.720. The lowest BCUT2D eigenvalue weighted by Gasteiger charge is -2.11. The summed E-state index contributed by atoms with van der Waals surface area (Å²) in [6.07, 6.45) is 8.07. The van der Waals surface area contributed by atoms with Crippen molar-refractivity contribution in [3.05, 3.63) is 24.2 Å². The average Bonchev–Trinajstić information content (AvgIpc) is 2.71. The molecule has 1 nitrogen and oxygen atoms in total. The van der Waals surface area contributed by atoms with Gasteiger partial charge in [0.2, 0.25) is 0 Å². The SMILES string of the molecule is CCCC(C)CC(C)C.CCCc1ccco1. The molecule has 100 valence electrons. The van der Waals surface area contributed by atoms with Gasteiger partial charge in [-0.3, -0.25) is 0 Å². The number of hydrogen-bond acceptors (Lipinski definition) is 1. The summed E-state index contributed by atoms with van der Waals surface area (Å²) in [5.74, 6) is 2.91. The third-order valence-corrected chi connectivity index (χ3v) is 2.73. The molecule has 0 spiro atoms. The second-order valence-corrected chi connectivity index (χ2v) is 5.35. The van der Waals surface area contributed by atoms with Gasteiger partial charge in [-0.2, -0.15) is 0 Å². The molecule has 0 radical (unpaired) electrons. The van der Waals surface area contributed by atoms with E-state index in [1.54, 1.807) is 6.26 Å². The summed E-state index contributed by atoms with van der Waals surface area (Å²) in [6, 6.07) is 3.93. The molecule has 0 N–H and O–H groups in total. The van der Waals surface area contributed by atoms with E-state index in [9.17, 15) is 0 Å². The number of hydrogen-bond donors (Lipinski definition) is 0. The van der Waals surface area contributed by atoms with Crippen LogP contribution in [0.2, 0.25) is 0 Å². The summed E-state index contributed by atoms with van der Waals surface area (Å²) in [5, 5.41) is 0. The Morgan fingerprint density at radius 1 is 1.12 bits per heavy atom. The maximum Gasteiger partial charge on any atom is 0.103 e. The molecule has 1 aromatic rings. The molecule has 0 fully saturated rings. The number of furan rings is 1. The van der Waals surface area contributed by atoms with Crippen LogP contribution in [0, 0.1) is 11.8 Å². The van der Waals surface area contributed by atoms with Crippen LogP contribution < -0.4 is 0 Å². The van der Waals surface area contributed by atoms with Crippen LogP contribution in [-0.2, 0) is 6.42 Å². The van der Waals surface area contributed by atoms with Crippen molar-refractivity contribution < 1.29 is 4.42 Å². The predicted molar refractivity (Wildman–Crippen MR) is 76.2 cm³/mol. The molecule has 0 aliphatic rings. The molecule has 0 bridgehead atoms. The van der Waals surface area contributed by atoms with Crippen LogP contribution in [0.1, 0.15) is 66.1 Å². The Morgan fingerprint density at radius 3 is 2.24 bits per heavy atom. The van der Waals surface area contributed by atoms with Crippen molar-refractivity contribution in [2.24, 2.45) is 11.8 Å². The molecule has 1 heteroatoms. The quantitative estimate of drug-likeness (QED) is 0.619. The monoisotopic (exact) mass is 238 g/mol. The minimum Gasteiger partial charge on any atom is -0.469 e. The Morgan fingerprint density at radius 2 is 1.82 bits per heavy atom. The maximum atomic E-state index is 5.07. The van der Waals surface area contributed by atoms with Gasteiger partial charge in [0, 0.05) is 6.42 Å². The normalized spacial score (nSPS) is 12.1. The zero-order valence-corrected chi connectivity index (χ0v) is 12.3. The molecular weight excluding hydrogens is 208 g/mol. The third kappa shape index (κ3) is 10.2. The third-order valence-electron chi connectivity index (χ3n) is 2.73. The Bertz CT molecular complexity index is 236. The molecular formula is C16H30O. The molecule has 1 unspecified atom stereocenters. The summed E-state index contributed by atoms with van der Waals surface area (Å²) in [7, 11) is 0. The lowest BCUT2D eigenvalue weighted by atomic mass is 9.95. The zero-order valence-electron chi connectivity index (χ0n) is 12.3. The van der Waals surface area contributed by atoms with Crippen LogP contribution >= 0.6 is 0 Å². The van der Waals surface area contributed by atoms with Crippen LogP contribution in [0.25, 0.3) is 0 Å². The van der Waals surface area contributed by atoms with Crippen LogP contribution in [0.15, 0.2) is 22.8 Å². The first-order chi connectivity index (χ1) is 8.10. The van der Waals surface area contributed by atoms with E-state index in [2.05, 4.69) is 34.6 Å². The van der Waals surface area contributed by atoms with Crippen molar-refractivity contribution in [3.63, 3.8) is 0 Å². The highest BCUT2D eigenvalue weighted by Gasteiger charge is 2.02. The van der Waals surface area contributed by atoms with Gasteiger partial charge in [-0.15, -0.1) is 0 Å². The topological polar surface area (TPSA) is 13.1 Å². The molecule has 1 aromatic heterocycles. The summed E-state index contributed by atoms with van der Waals surface area (Å²) in [4.78, 5) is 0. The smallest absolute Gasteiger partial charge is 0.103 e. The molecule has 0 saturated carbocycles. The lowest BCUT2D eigenvalue weighted by molar-refractivity contribution is 0.412. The van der Waals surface area contributed by atoms with Gasteiger partial charge in [0.15, 0.2) is 0 Å². The molecule has 1 heterocycles. The van der Waals surface area contributed by atoms with Crippen LogP contribution in [0.5, 0.6) is 0 Å². The molecule has 0 aromatic carbocycles. The fraction of sp³-hybridized carbons (Fsp3) is 0.750. The Kier molecular flexibility index (Phi) is 9.99. The maximum absolute atomic E-state index is 5.07. The zero-order chi connectivity index (χ0) is 13.1. The van der Waals surface area contributed by atoms with Gasteiger partial charge in [0.1, 0.15) is 5.76 Å². The summed E-state index contributed by atoms with van der Waals surface area (Å²) < 4.78 is 5.07. The van der Waals surface area contributed by atoms with E-state index >= 15 is 0 Å². The van der Waals surface area contributed by atoms with Crippen LogP contribution in [-0.4, -0.2) is 0 Å². The van der Waals surface area contributed by atoms with E-state index in [-0.39, 0.29) is 0 Å². The van der Waals surface area contributed by atoms with Crippen molar-refractivity contribution in [1.29, 1.82) is 0 Å². The van der Waals surface area contributed by atoms with Crippen molar-refractivity contribution in [2.45, 2.75) is 66.7 Å². The molecule has 1 rings (SSSR count). The minimum atomic E-state index is 0.881. The Balaban J connectivity index is 0.000000302. The highest BCUT2D eigenvalue weighted by molar-refractivity contribution is 4.97.